The SMILES string of the molecule is O=C(NCCc1ccc(Cl)cc1)C1CC1(Cl)Cl. The summed E-state index contributed by atoms with van der Waals surface area (Å²) >= 11 is 17.4. The molecule has 2 nitrogen and oxygen atoms in total. The van der Waals surface area contributed by atoms with Crippen LogP contribution in [0.15, 0.2) is 24.3 Å². The minimum Gasteiger partial charge on any atom is -0.355 e. The molecular weight excluding hydrogens is 280 g/mol. The van der Waals surface area contributed by atoms with E-state index in [4.69, 9.17) is 34.8 Å². The summed E-state index contributed by atoms with van der Waals surface area (Å²) in [5.74, 6) is -0.319. The van der Waals surface area contributed by atoms with E-state index < -0.39 is 4.33 Å². The van der Waals surface area contributed by atoms with E-state index >= 15 is 0 Å². The summed E-state index contributed by atoms with van der Waals surface area (Å²) in [6.07, 6.45) is 1.32. The Labute approximate surface area is 115 Å². The molecule has 0 radical (unpaired) electrons. The Morgan fingerprint density at radius 2 is 1.94 bits per heavy atom. The van der Waals surface area contributed by atoms with Crippen LogP contribution in [0.2, 0.25) is 5.02 Å². The second-order valence-corrected chi connectivity index (χ2v) is 6.16. The van der Waals surface area contributed by atoms with E-state index in [-0.39, 0.29) is 11.8 Å². The van der Waals surface area contributed by atoms with Gasteiger partial charge in [-0.25, -0.2) is 0 Å². The summed E-state index contributed by atoms with van der Waals surface area (Å²) in [4.78, 5) is 11.6. The van der Waals surface area contributed by atoms with Crippen LogP contribution in [0.5, 0.6) is 0 Å². The van der Waals surface area contributed by atoms with E-state index in [1.165, 1.54) is 0 Å². The number of halogens is 3. The van der Waals surface area contributed by atoms with Gasteiger partial charge in [-0.3, -0.25) is 4.79 Å². The highest BCUT2D eigenvalue weighted by Gasteiger charge is 2.56. The molecule has 0 saturated heterocycles. The van der Waals surface area contributed by atoms with Gasteiger partial charge >= 0.3 is 0 Å². The number of carbonyl (C=O) groups excluding carboxylic acids is 1. The fraction of sp³-hybridized carbons (Fsp3) is 0.417. The van der Waals surface area contributed by atoms with E-state index in [1.54, 1.807) is 0 Å². The lowest BCUT2D eigenvalue weighted by atomic mass is 10.1. The lowest BCUT2D eigenvalue weighted by Crippen LogP contribution is -2.28. The first-order valence-electron chi connectivity index (χ1n) is 5.39. The summed E-state index contributed by atoms with van der Waals surface area (Å²) in [5.41, 5.74) is 1.13. The van der Waals surface area contributed by atoms with Gasteiger partial charge in [0.25, 0.3) is 0 Å². The molecule has 1 aromatic rings. The van der Waals surface area contributed by atoms with Crippen molar-refractivity contribution in [3.63, 3.8) is 0 Å². The second-order valence-electron chi connectivity index (χ2n) is 4.19. The summed E-state index contributed by atoms with van der Waals surface area (Å²) < 4.78 is -0.843. The lowest BCUT2D eigenvalue weighted by molar-refractivity contribution is -0.122. The molecule has 1 unspecified atom stereocenters. The molecule has 0 spiro atoms. The molecule has 0 heterocycles. The van der Waals surface area contributed by atoms with Crippen LogP contribution in [0.4, 0.5) is 0 Å². The van der Waals surface area contributed by atoms with Crippen LogP contribution in [0, 0.1) is 5.92 Å². The highest BCUT2D eigenvalue weighted by molar-refractivity contribution is 6.52. The minimum absolute atomic E-state index is 0.0658. The van der Waals surface area contributed by atoms with Crippen molar-refractivity contribution >= 4 is 40.7 Å². The largest absolute Gasteiger partial charge is 0.355 e. The molecule has 5 heteroatoms. The normalized spacial score (nSPS) is 21.0. The van der Waals surface area contributed by atoms with Gasteiger partial charge in [-0.05, 0) is 30.5 Å². The standard InChI is InChI=1S/C12H12Cl3NO/c13-9-3-1-8(2-4-9)5-6-16-11(17)10-7-12(10,14)15/h1-4,10H,5-7H2,(H,16,17). The maximum Gasteiger partial charge on any atom is 0.226 e. The predicted octanol–water partition coefficient (Wildman–Crippen LogP) is 3.19. The van der Waals surface area contributed by atoms with Crippen molar-refractivity contribution in [3.05, 3.63) is 34.9 Å². The summed E-state index contributed by atoms with van der Waals surface area (Å²) in [6.45, 7) is 0.584. The van der Waals surface area contributed by atoms with Gasteiger partial charge in [-0.1, -0.05) is 23.7 Å². The van der Waals surface area contributed by atoms with E-state index in [2.05, 4.69) is 5.32 Å². The third-order valence-electron chi connectivity index (χ3n) is 2.77. The molecule has 0 aromatic heterocycles. The Morgan fingerprint density at radius 1 is 1.35 bits per heavy atom. The molecule has 1 fully saturated rings. The quantitative estimate of drug-likeness (QED) is 0.849. The average molecular weight is 293 g/mol. The number of nitrogens with one attached hydrogen (secondary N) is 1. The zero-order valence-electron chi connectivity index (χ0n) is 9.05. The molecule has 2 rings (SSSR count). The topological polar surface area (TPSA) is 29.1 Å². The van der Waals surface area contributed by atoms with Crippen molar-refractivity contribution in [3.8, 4) is 0 Å². The van der Waals surface area contributed by atoms with Crippen molar-refractivity contribution in [2.24, 2.45) is 5.92 Å². The molecular formula is C12H12Cl3NO. The predicted molar refractivity (Wildman–Crippen MR) is 70.7 cm³/mol. The molecule has 1 atom stereocenters. The number of rotatable bonds is 4. The van der Waals surface area contributed by atoms with Crippen LogP contribution in [-0.2, 0) is 11.2 Å². The Bertz CT molecular complexity index is 416. The van der Waals surface area contributed by atoms with Gasteiger partial charge in [-0.2, -0.15) is 0 Å². The number of hydrogen-bond donors (Lipinski definition) is 1. The van der Waals surface area contributed by atoms with Crippen LogP contribution in [-0.4, -0.2) is 16.8 Å². The monoisotopic (exact) mass is 291 g/mol. The molecule has 17 heavy (non-hydrogen) atoms. The van der Waals surface area contributed by atoms with Crippen molar-refractivity contribution in [1.82, 2.24) is 5.32 Å². The first-order valence-corrected chi connectivity index (χ1v) is 6.52. The maximum absolute atomic E-state index is 11.6. The number of alkyl halides is 2. The first-order chi connectivity index (χ1) is 7.99. The van der Waals surface area contributed by atoms with Crippen LogP contribution in [0.3, 0.4) is 0 Å². The molecule has 1 aromatic carbocycles. The number of benzene rings is 1. The Balaban J connectivity index is 1.73. The average Bonchev–Trinajstić information content (AvgIpc) is 2.91. The molecule has 1 aliphatic rings. The van der Waals surface area contributed by atoms with Crippen molar-refractivity contribution in [1.29, 1.82) is 0 Å². The highest BCUT2D eigenvalue weighted by Crippen LogP contribution is 2.53. The summed E-state index contributed by atoms with van der Waals surface area (Å²) in [7, 11) is 0. The van der Waals surface area contributed by atoms with Gasteiger partial charge in [0.15, 0.2) is 0 Å². The zero-order chi connectivity index (χ0) is 12.5. The number of amides is 1. The molecule has 1 amide bonds. The fourth-order valence-electron chi connectivity index (χ4n) is 1.60. The van der Waals surface area contributed by atoms with E-state index in [9.17, 15) is 4.79 Å². The third-order valence-corrected chi connectivity index (χ3v) is 3.86. The number of hydrogen-bond acceptors (Lipinski definition) is 1. The Hall–Kier alpha value is -0.440. The zero-order valence-corrected chi connectivity index (χ0v) is 11.3. The second kappa shape index (κ2) is 5.05. The summed E-state index contributed by atoms with van der Waals surface area (Å²) in [5, 5.41) is 3.54. The van der Waals surface area contributed by atoms with Crippen molar-refractivity contribution < 1.29 is 4.79 Å². The molecule has 1 N–H and O–H groups in total. The van der Waals surface area contributed by atoms with Gasteiger partial charge in [-0.15, -0.1) is 23.2 Å². The van der Waals surface area contributed by atoms with Crippen LogP contribution in [0.1, 0.15) is 12.0 Å². The number of carbonyl (C=O) groups is 1. The van der Waals surface area contributed by atoms with Gasteiger partial charge in [0.1, 0.15) is 4.33 Å². The van der Waals surface area contributed by atoms with Crippen molar-refractivity contribution in [2.45, 2.75) is 17.2 Å². The van der Waals surface area contributed by atoms with Gasteiger partial charge in [0.05, 0.1) is 5.92 Å². The fourth-order valence-corrected chi connectivity index (χ4v) is 2.23. The van der Waals surface area contributed by atoms with Gasteiger partial charge < -0.3 is 5.32 Å². The molecule has 92 valence electrons. The van der Waals surface area contributed by atoms with Gasteiger partial charge in [0.2, 0.25) is 5.91 Å². The van der Waals surface area contributed by atoms with Gasteiger partial charge in [0, 0.05) is 11.6 Å². The van der Waals surface area contributed by atoms with Crippen LogP contribution < -0.4 is 5.32 Å². The summed E-state index contributed by atoms with van der Waals surface area (Å²) in [6, 6.07) is 7.56. The molecule has 0 bridgehead atoms. The maximum atomic E-state index is 11.6. The molecule has 1 aliphatic carbocycles. The van der Waals surface area contributed by atoms with Crippen LogP contribution >= 0.6 is 34.8 Å². The van der Waals surface area contributed by atoms with E-state index in [0.717, 1.165) is 12.0 Å². The smallest absolute Gasteiger partial charge is 0.226 e. The lowest BCUT2D eigenvalue weighted by Gasteiger charge is -2.05. The van der Waals surface area contributed by atoms with E-state index in [1.807, 2.05) is 24.3 Å². The van der Waals surface area contributed by atoms with E-state index in [0.29, 0.717) is 18.0 Å². The third kappa shape index (κ3) is 3.51. The highest BCUT2D eigenvalue weighted by atomic mass is 35.5. The first kappa shape index (κ1) is 13.0. The molecule has 0 aliphatic heterocycles. The Kier molecular flexibility index (Phi) is 3.86. The Morgan fingerprint density at radius 3 is 2.47 bits per heavy atom. The minimum atomic E-state index is -0.843. The van der Waals surface area contributed by atoms with Crippen LogP contribution in [0.25, 0.3) is 0 Å². The van der Waals surface area contributed by atoms with Crippen molar-refractivity contribution in [2.75, 3.05) is 6.54 Å². The molecule has 1 saturated carbocycles.